The van der Waals surface area contributed by atoms with Gasteiger partial charge in [0.1, 0.15) is 0 Å². The summed E-state index contributed by atoms with van der Waals surface area (Å²) in [5, 5.41) is 10.2. The minimum Gasteiger partial charge on any atom is -0.480 e. The Morgan fingerprint density at radius 1 is 1.38 bits per heavy atom. The Bertz CT molecular complexity index is 665. The van der Waals surface area contributed by atoms with Gasteiger partial charge in [-0.15, -0.1) is 0 Å². The van der Waals surface area contributed by atoms with Gasteiger partial charge in [0.2, 0.25) is 0 Å². The fourth-order valence-electron chi connectivity index (χ4n) is 2.81. The zero-order valence-electron chi connectivity index (χ0n) is 12.2. The molecular formula is C17H20N2O2. The molecule has 4 heteroatoms. The Kier molecular flexibility index (Phi) is 3.88. The van der Waals surface area contributed by atoms with Gasteiger partial charge in [0.05, 0.1) is 12.1 Å². The van der Waals surface area contributed by atoms with Crippen LogP contribution in [0.2, 0.25) is 0 Å². The first-order chi connectivity index (χ1) is 10.1. The van der Waals surface area contributed by atoms with E-state index in [0.717, 1.165) is 23.1 Å². The van der Waals surface area contributed by atoms with Crippen molar-refractivity contribution < 1.29 is 9.90 Å². The van der Waals surface area contributed by atoms with E-state index in [1.54, 1.807) is 0 Å². The van der Waals surface area contributed by atoms with Crippen LogP contribution in [-0.2, 0) is 11.3 Å². The van der Waals surface area contributed by atoms with E-state index in [0.29, 0.717) is 12.5 Å². The molecule has 2 aromatic rings. The maximum absolute atomic E-state index is 11.1. The molecule has 4 nitrogen and oxygen atoms in total. The van der Waals surface area contributed by atoms with Crippen LogP contribution in [0.15, 0.2) is 30.3 Å². The van der Waals surface area contributed by atoms with E-state index >= 15 is 0 Å². The first-order valence-electron chi connectivity index (χ1n) is 7.41. The molecule has 0 amide bonds. The van der Waals surface area contributed by atoms with E-state index in [1.165, 1.54) is 18.4 Å². The van der Waals surface area contributed by atoms with Crippen molar-refractivity contribution in [3.05, 3.63) is 41.6 Å². The lowest BCUT2D eigenvalue weighted by Crippen LogP contribution is -2.31. The number of benzene rings is 1. The zero-order chi connectivity index (χ0) is 14.8. The Hall–Kier alpha value is -1.94. The van der Waals surface area contributed by atoms with Crippen LogP contribution in [-0.4, -0.2) is 34.0 Å². The molecule has 1 N–H and O–H groups in total. The summed E-state index contributed by atoms with van der Waals surface area (Å²) < 4.78 is 0. The number of aryl methyl sites for hydroxylation is 1. The summed E-state index contributed by atoms with van der Waals surface area (Å²) in [7, 11) is 0. The second-order valence-electron chi connectivity index (χ2n) is 5.95. The van der Waals surface area contributed by atoms with Gasteiger partial charge in [-0.1, -0.05) is 18.2 Å². The van der Waals surface area contributed by atoms with E-state index in [2.05, 4.69) is 17.1 Å². The predicted molar refractivity (Wildman–Crippen MR) is 82.1 cm³/mol. The molecule has 0 saturated heterocycles. The molecule has 1 saturated carbocycles. The van der Waals surface area contributed by atoms with Crippen molar-refractivity contribution in [1.29, 1.82) is 0 Å². The Morgan fingerprint density at radius 2 is 2.14 bits per heavy atom. The lowest BCUT2D eigenvalue weighted by atomic mass is 10.1. The molecule has 1 heterocycles. The number of rotatable bonds is 6. The van der Waals surface area contributed by atoms with Crippen molar-refractivity contribution in [3.8, 4) is 0 Å². The quantitative estimate of drug-likeness (QED) is 0.886. The molecule has 1 aliphatic rings. The highest BCUT2D eigenvalue weighted by Crippen LogP contribution is 2.30. The standard InChI is InChI=1S/C17H20N2O2/c1-12-8-14(15-4-2-3-5-16(15)18-12)10-19(11-17(20)21)9-13-6-7-13/h2-5,8,13H,6-7,9-11H2,1H3,(H,20,21). The fourth-order valence-corrected chi connectivity index (χ4v) is 2.81. The van der Waals surface area contributed by atoms with E-state index in [4.69, 9.17) is 5.11 Å². The van der Waals surface area contributed by atoms with Crippen molar-refractivity contribution in [3.63, 3.8) is 0 Å². The number of para-hydroxylation sites is 1. The van der Waals surface area contributed by atoms with Gasteiger partial charge >= 0.3 is 5.97 Å². The maximum Gasteiger partial charge on any atom is 0.317 e. The van der Waals surface area contributed by atoms with E-state index in [1.807, 2.05) is 30.0 Å². The van der Waals surface area contributed by atoms with E-state index in [-0.39, 0.29) is 6.54 Å². The third-order valence-corrected chi connectivity index (χ3v) is 3.90. The van der Waals surface area contributed by atoms with E-state index < -0.39 is 5.97 Å². The predicted octanol–water partition coefficient (Wildman–Crippen LogP) is 2.84. The number of pyridine rings is 1. The van der Waals surface area contributed by atoms with Crippen molar-refractivity contribution in [2.45, 2.75) is 26.3 Å². The molecule has 1 aromatic carbocycles. The fraction of sp³-hybridized carbons (Fsp3) is 0.412. The largest absolute Gasteiger partial charge is 0.480 e. The molecule has 0 aliphatic heterocycles. The molecule has 1 aliphatic carbocycles. The van der Waals surface area contributed by atoms with Crippen LogP contribution in [0.3, 0.4) is 0 Å². The zero-order valence-corrected chi connectivity index (χ0v) is 12.2. The summed E-state index contributed by atoms with van der Waals surface area (Å²) in [5.74, 6) is -0.0794. The molecule has 0 unspecified atom stereocenters. The van der Waals surface area contributed by atoms with Crippen LogP contribution >= 0.6 is 0 Å². The topological polar surface area (TPSA) is 53.4 Å². The summed E-state index contributed by atoms with van der Waals surface area (Å²) in [6.07, 6.45) is 2.46. The van der Waals surface area contributed by atoms with E-state index in [9.17, 15) is 4.79 Å². The number of hydrogen-bond acceptors (Lipinski definition) is 3. The molecule has 0 bridgehead atoms. The van der Waals surface area contributed by atoms with Gasteiger partial charge in [0.15, 0.2) is 0 Å². The number of carboxylic acid groups (broad SMARTS) is 1. The Balaban J connectivity index is 1.88. The molecule has 21 heavy (non-hydrogen) atoms. The molecule has 1 aromatic heterocycles. The summed E-state index contributed by atoms with van der Waals surface area (Å²) >= 11 is 0. The first kappa shape index (κ1) is 14.0. The third kappa shape index (κ3) is 3.58. The molecule has 0 spiro atoms. The normalized spacial score (nSPS) is 14.8. The van der Waals surface area contributed by atoms with Gasteiger partial charge in [0, 0.05) is 24.2 Å². The lowest BCUT2D eigenvalue weighted by Gasteiger charge is -2.21. The van der Waals surface area contributed by atoms with Crippen LogP contribution in [0.4, 0.5) is 0 Å². The molecule has 110 valence electrons. The second kappa shape index (κ2) is 5.82. The second-order valence-corrected chi connectivity index (χ2v) is 5.95. The van der Waals surface area contributed by atoms with Gasteiger partial charge in [-0.3, -0.25) is 14.7 Å². The number of carbonyl (C=O) groups is 1. The summed E-state index contributed by atoms with van der Waals surface area (Å²) in [5.41, 5.74) is 3.12. The van der Waals surface area contributed by atoms with Gasteiger partial charge in [0.25, 0.3) is 0 Å². The van der Waals surface area contributed by atoms with Gasteiger partial charge in [-0.05, 0) is 43.4 Å². The third-order valence-electron chi connectivity index (χ3n) is 3.90. The summed E-state index contributed by atoms with van der Waals surface area (Å²) in [6.45, 7) is 3.64. The smallest absolute Gasteiger partial charge is 0.317 e. The first-order valence-corrected chi connectivity index (χ1v) is 7.41. The Labute approximate surface area is 124 Å². The Morgan fingerprint density at radius 3 is 2.86 bits per heavy atom. The number of hydrogen-bond donors (Lipinski definition) is 1. The van der Waals surface area contributed by atoms with Gasteiger partial charge in [-0.25, -0.2) is 0 Å². The number of carboxylic acids is 1. The monoisotopic (exact) mass is 284 g/mol. The highest BCUT2D eigenvalue weighted by Gasteiger charge is 2.25. The average molecular weight is 284 g/mol. The molecule has 0 atom stereocenters. The number of aromatic nitrogens is 1. The van der Waals surface area contributed by atoms with Gasteiger partial charge in [-0.2, -0.15) is 0 Å². The summed E-state index contributed by atoms with van der Waals surface area (Å²) in [4.78, 5) is 17.7. The van der Waals surface area contributed by atoms with Crippen LogP contribution in [0.1, 0.15) is 24.1 Å². The number of aliphatic carboxylic acids is 1. The average Bonchev–Trinajstić information content (AvgIpc) is 3.21. The SMILES string of the molecule is Cc1cc(CN(CC(=O)O)CC2CC2)c2ccccc2n1. The van der Waals surface area contributed by atoms with Crippen LogP contribution in [0.5, 0.6) is 0 Å². The van der Waals surface area contributed by atoms with Crippen molar-refractivity contribution in [2.75, 3.05) is 13.1 Å². The minimum absolute atomic E-state index is 0.103. The molecule has 1 fully saturated rings. The van der Waals surface area contributed by atoms with Crippen LogP contribution in [0.25, 0.3) is 10.9 Å². The highest BCUT2D eigenvalue weighted by atomic mass is 16.4. The molecule has 3 rings (SSSR count). The minimum atomic E-state index is -0.759. The molecule has 0 radical (unpaired) electrons. The van der Waals surface area contributed by atoms with Crippen LogP contribution in [0, 0.1) is 12.8 Å². The van der Waals surface area contributed by atoms with Crippen LogP contribution < -0.4 is 0 Å². The van der Waals surface area contributed by atoms with Crippen molar-refractivity contribution in [1.82, 2.24) is 9.88 Å². The summed E-state index contributed by atoms with van der Waals surface area (Å²) in [6, 6.07) is 10.1. The lowest BCUT2D eigenvalue weighted by molar-refractivity contribution is -0.138. The maximum atomic E-state index is 11.1. The van der Waals surface area contributed by atoms with Gasteiger partial charge < -0.3 is 5.11 Å². The van der Waals surface area contributed by atoms with Crippen molar-refractivity contribution in [2.24, 2.45) is 5.92 Å². The van der Waals surface area contributed by atoms with Crippen molar-refractivity contribution >= 4 is 16.9 Å². The molecular weight excluding hydrogens is 264 g/mol. The highest BCUT2D eigenvalue weighted by molar-refractivity contribution is 5.82. The number of fused-ring (bicyclic) bond motifs is 1. The number of nitrogens with zero attached hydrogens (tertiary/aromatic N) is 2.